The summed E-state index contributed by atoms with van der Waals surface area (Å²) in [4.78, 5) is 3.33. The fourth-order valence-electron chi connectivity index (χ4n) is 0.261. The van der Waals surface area contributed by atoms with Crippen molar-refractivity contribution in [2.24, 2.45) is 0 Å². The van der Waals surface area contributed by atoms with Crippen molar-refractivity contribution in [1.29, 1.82) is 0 Å². The summed E-state index contributed by atoms with van der Waals surface area (Å²) in [7, 11) is 0. The molecule has 8 heavy (non-hydrogen) atoms. The van der Waals surface area contributed by atoms with Gasteiger partial charge in [-0.15, -0.1) is 0 Å². The molecule has 0 radical (unpaired) electrons. The fourth-order valence-corrected chi connectivity index (χ4v) is 0.448. The molecule has 42 valence electrons. The van der Waals surface area contributed by atoms with Crippen LogP contribution in [0.5, 0.6) is 0 Å². The highest BCUT2D eigenvalue weighted by atomic mass is 79.9. The molecule has 0 fully saturated rings. The highest BCUT2D eigenvalue weighted by Gasteiger charge is 1.86. The van der Waals surface area contributed by atoms with Gasteiger partial charge in [-0.3, -0.25) is 0 Å². The Kier molecular flexibility index (Phi) is 0.809. The molecule has 0 aromatic carbocycles. The van der Waals surface area contributed by atoms with Crippen LogP contribution in [0.3, 0.4) is 0 Å². The molecule has 0 spiro atoms. The normalized spacial score (nSPS) is 14.5. The summed E-state index contributed by atoms with van der Waals surface area (Å²) in [6.45, 7) is 0. The standard InChI is InChI=1S/C5H3BrFN/c6-5-2-1-4(7)3-8-5/h1-3H/i1D,2D,3D. The number of halogens is 2. The maximum absolute atomic E-state index is 12.6. The van der Waals surface area contributed by atoms with Crippen LogP contribution in [-0.4, -0.2) is 4.98 Å². The molecular weight excluding hydrogens is 173 g/mol. The summed E-state index contributed by atoms with van der Waals surface area (Å²) in [5.41, 5.74) is 0. The van der Waals surface area contributed by atoms with Crippen LogP contribution < -0.4 is 0 Å². The molecule has 1 nitrogen and oxygen atoms in total. The second-order valence-corrected chi connectivity index (χ2v) is 1.83. The van der Waals surface area contributed by atoms with Gasteiger partial charge in [0.2, 0.25) is 0 Å². The van der Waals surface area contributed by atoms with E-state index in [-0.39, 0.29) is 10.6 Å². The monoisotopic (exact) mass is 178 g/mol. The molecule has 3 heteroatoms. The quantitative estimate of drug-likeness (QED) is 0.555. The van der Waals surface area contributed by atoms with Crippen LogP contribution in [0.2, 0.25) is 0 Å². The van der Waals surface area contributed by atoms with Crippen LogP contribution in [0, 0.1) is 5.82 Å². The zero-order valence-corrected chi connectivity index (χ0v) is 5.29. The van der Waals surface area contributed by atoms with Gasteiger partial charge in [-0.2, -0.15) is 0 Å². The van der Waals surface area contributed by atoms with Crippen molar-refractivity contribution >= 4 is 15.9 Å². The SMILES string of the molecule is [2H]c1nc(Br)c([2H])c([2H])c1F. The molecule has 0 aliphatic heterocycles. The van der Waals surface area contributed by atoms with Gasteiger partial charge in [-0.05, 0) is 28.0 Å². The van der Waals surface area contributed by atoms with E-state index in [4.69, 9.17) is 4.11 Å². The van der Waals surface area contributed by atoms with Gasteiger partial charge in [0.15, 0.2) is 0 Å². The first kappa shape index (κ1) is 2.92. The molecular formula is C5H3BrFN. The molecule has 0 atom stereocenters. The molecule has 0 saturated heterocycles. The predicted molar refractivity (Wildman–Crippen MR) is 31.9 cm³/mol. The molecule has 0 aliphatic rings. The molecule has 1 heterocycles. The van der Waals surface area contributed by atoms with Gasteiger partial charge >= 0.3 is 0 Å². The van der Waals surface area contributed by atoms with Gasteiger partial charge in [0.1, 0.15) is 10.4 Å². The van der Waals surface area contributed by atoms with Crippen molar-refractivity contribution in [3.05, 3.63) is 28.7 Å². The summed E-state index contributed by atoms with van der Waals surface area (Å²) in [6.07, 6.45) is -0.613. The van der Waals surface area contributed by atoms with E-state index in [2.05, 4.69) is 20.9 Å². The molecule has 1 rings (SSSR count). The number of hydrogen-bond donors (Lipinski definition) is 0. The topological polar surface area (TPSA) is 12.9 Å². The van der Waals surface area contributed by atoms with E-state index in [0.717, 1.165) is 0 Å². The number of nitrogens with zero attached hydrogens (tertiary/aromatic N) is 1. The van der Waals surface area contributed by atoms with E-state index in [1.807, 2.05) is 0 Å². The smallest absolute Gasteiger partial charge is 0.141 e. The molecule has 1 aromatic rings. The molecule has 0 N–H and O–H groups in total. The molecule has 0 amide bonds. The molecule has 1 aromatic heterocycles. The lowest BCUT2D eigenvalue weighted by Crippen LogP contribution is -1.75. The summed E-state index contributed by atoms with van der Waals surface area (Å²) < 4.78 is 33.5. The van der Waals surface area contributed by atoms with Gasteiger partial charge in [-0.25, -0.2) is 9.37 Å². The van der Waals surface area contributed by atoms with Crippen molar-refractivity contribution in [3.63, 3.8) is 0 Å². The highest BCUT2D eigenvalue weighted by molar-refractivity contribution is 9.10. The van der Waals surface area contributed by atoms with Gasteiger partial charge < -0.3 is 0 Å². The van der Waals surface area contributed by atoms with Crippen LogP contribution in [0.1, 0.15) is 4.11 Å². The van der Waals surface area contributed by atoms with E-state index in [1.54, 1.807) is 0 Å². The third-order valence-corrected chi connectivity index (χ3v) is 0.903. The van der Waals surface area contributed by atoms with Crippen molar-refractivity contribution < 1.29 is 8.50 Å². The first-order valence-corrected chi connectivity index (χ1v) is 2.62. The van der Waals surface area contributed by atoms with Crippen LogP contribution in [0.15, 0.2) is 22.9 Å². The third kappa shape index (κ3) is 1.26. The Morgan fingerprint density at radius 3 is 3.25 bits per heavy atom. The van der Waals surface area contributed by atoms with Crippen molar-refractivity contribution in [3.8, 4) is 0 Å². The Hall–Kier alpha value is -0.440. The predicted octanol–water partition coefficient (Wildman–Crippen LogP) is 1.98. The minimum absolute atomic E-state index is 0.0221. The minimum Gasteiger partial charge on any atom is -0.246 e. The summed E-state index contributed by atoms with van der Waals surface area (Å²) in [5, 5.41) is 0. The van der Waals surface area contributed by atoms with E-state index in [9.17, 15) is 4.39 Å². The number of hydrogen-bond acceptors (Lipinski definition) is 1. The largest absolute Gasteiger partial charge is 0.246 e. The van der Waals surface area contributed by atoms with Gasteiger partial charge in [0, 0.05) is 0 Å². The van der Waals surface area contributed by atoms with Gasteiger partial charge in [-0.1, -0.05) is 0 Å². The van der Waals surface area contributed by atoms with Crippen LogP contribution in [0.25, 0.3) is 0 Å². The second-order valence-electron chi connectivity index (χ2n) is 1.08. The first-order valence-electron chi connectivity index (χ1n) is 3.33. The van der Waals surface area contributed by atoms with Gasteiger partial charge in [0.25, 0.3) is 0 Å². The summed E-state index contributed by atoms with van der Waals surface area (Å²) in [6, 6.07) is -0.935. The Morgan fingerprint density at radius 2 is 2.50 bits per heavy atom. The molecule has 0 saturated carbocycles. The summed E-state index contributed by atoms with van der Waals surface area (Å²) in [5.74, 6) is -1.06. The lowest BCUT2D eigenvalue weighted by molar-refractivity contribution is 0.620. The molecule has 0 unspecified atom stereocenters. The molecule has 0 aliphatic carbocycles. The van der Waals surface area contributed by atoms with E-state index >= 15 is 0 Å². The highest BCUT2D eigenvalue weighted by Crippen LogP contribution is 2.03. The van der Waals surface area contributed by atoms with Crippen LogP contribution >= 0.6 is 15.9 Å². The lowest BCUT2D eigenvalue weighted by atomic mass is 10.5. The first-order chi connectivity index (χ1) is 5.04. The van der Waals surface area contributed by atoms with Crippen molar-refractivity contribution in [1.82, 2.24) is 4.98 Å². The number of pyridine rings is 1. The zero-order chi connectivity index (χ0) is 8.59. The average Bonchev–Trinajstić information content (AvgIpc) is 1.97. The Bertz CT molecular complexity index is 278. The maximum atomic E-state index is 12.6. The minimum atomic E-state index is -1.06. The van der Waals surface area contributed by atoms with Crippen LogP contribution in [-0.2, 0) is 0 Å². The van der Waals surface area contributed by atoms with E-state index in [0.29, 0.717) is 0 Å². The van der Waals surface area contributed by atoms with E-state index in [1.165, 1.54) is 0 Å². The molecule has 0 bridgehead atoms. The van der Waals surface area contributed by atoms with Gasteiger partial charge in [0.05, 0.1) is 10.3 Å². The van der Waals surface area contributed by atoms with Crippen molar-refractivity contribution in [2.75, 3.05) is 0 Å². The number of rotatable bonds is 0. The fraction of sp³-hybridized carbons (Fsp3) is 0. The summed E-state index contributed by atoms with van der Waals surface area (Å²) >= 11 is 2.83. The Balaban J connectivity index is 3.46. The Morgan fingerprint density at radius 1 is 1.75 bits per heavy atom. The third-order valence-electron chi connectivity index (χ3n) is 0.528. The Labute approximate surface area is 58.9 Å². The van der Waals surface area contributed by atoms with Crippen molar-refractivity contribution in [2.45, 2.75) is 0 Å². The zero-order valence-electron chi connectivity index (χ0n) is 6.70. The van der Waals surface area contributed by atoms with Crippen LogP contribution in [0.4, 0.5) is 4.39 Å². The number of aromatic nitrogens is 1. The lowest BCUT2D eigenvalue weighted by Gasteiger charge is -1.84. The average molecular weight is 179 g/mol. The maximum Gasteiger partial charge on any atom is 0.141 e. The second kappa shape index (κ2) is 2.22. The van der Waals surface area contributed by atoms with E-state index < -0.39 is 18.0 Å².